The van der Waals surface area contributed by atoms with Crippen LogP contribution in [0.25, 0.3) is 0 Å². The largest absolute Gasteiger partial charge is 0.434 e. The van der Waals surface area contributed by atoms with Crippen molar-refractivity contribution in [2.24, 2.45) is 4.99 Å². The first-order valence-corrected chi connectivity index (χ1v) is 10.1. The minimum atomic E-state index is -2.91. The fraction of sp³-hybridized carbons (Fsp3) is 0.526. The highest BCUT2D eigenvalue weighted by atomic mass is 35.5. The van der Waals surface area contributed by atoms with Crippen molar-refractivity contribution in [3.05, 3.63) is 40.4 Å². The Morgan fingerprint density at radius 2 is 2.14 bits per heavy atom. The standard InChI is InChI=1S/C19H25ClF2N6O/c1-2-23-19(24-11-13-10-14(20)7-8-15(13)29-18(21)22)25-12-17-27-26-16-6-4-3-5-9-28(16)17/h7-8,10,18H,2-6,9,11-12H2,1H3,(H2,23,24,25). The predicted octanol–water partition coefficient (Wildman–Crippen LogP) is 3.51. The Morgan fingerprint density at radius 1 is 1.28 bits per heavy atom. The van der Waals surface area contributed by atoms with Crippen LogP contribution in [-0.4, -0.2) is 33.9 Å². The third-order valence-electron chi connectivity index (χ3n) is 4.59. The van der Waals surface area contributed by atoms with Gasteiger partial charge in [-0.3, -0.25) is 0 Å². The number of guanidine groups is 1. The van der Waals surface area contributed by atoms with Gasteiger partial charge in [0.25, 0.3) is 0 Å². The summed E-state index contributed by atoms with van der Waals surface area (Å²) in [5, 5.41) is 15.4. The van der Waals surface area contributed by atoms with Crippen molar-refractivity contribution in [3.8, 4) is 5.75 Å². The molecule has 0 bridgehead atoms. The molecule has 2 heterocycles. The number of aliphatic imine (C=N–C) groups is 1. The predicted molar refractivity (Wildman–Crippen MR) is 107 cm³/mol. The first kappa shape index (κ1) is 21.3. The maximum absolute atomic E-state index is 12.6. The SMILES string of the molecule is CCNC(=NCc1cc(Cl)ccc1OC(F)F)NCc1nnc2n1CCCCC2. The van der Waals surface area contributed by atoms with Gasteiger partial charge >= 0.3 is 6.61 Å². The molecule has 0 amide bonds. The van der Waals surface area contributed by atoms with E-state index in [1.165, 1.54) is 18.6 Å². The number of fused-ring (bicyclic) bond motifs is 1. The number of aryl methyl sites for hydroxylation is 1. The van der Waals surface area contributed by atoms with Crippen molar-refractivity contribution in [3.63, 3.8) is 0 Å². The van der Waals surface area contributed by atoms with E-state index in [9.17, 15) is 8.78 Å². The van der Waals surface area contributed by atoms with Gasteiger partial charge in [0.1, 0.15) is 11.6 Å². The number of alkyl halides is 2. The van der Waals surface area contributed by atoms with E-state index in [-0.39, 0.29) is 12.3 Å². The third kappa shape index (κ3) is 6.03. The number of ether oxygens (including phenoxy) is 1. The molecule has 0 atom stereocenters. The summed E-state index contributed by atoms with van der Waals surface area (Å²) >= 11 is 6.00. The quantitative estimate of drug-likeness (QED) is 0.523. The van der Waals surface area contributed by atoms with Crippen molar-refractivity contribution in [1.29, 1.82) is 0 Å². The van der Waals surface area contributed by atoms with E-state index in [4.69, 9.17) is 11.6 Å². The van der Waals surface area contributed by atoms with Gasteiger partial charge in [0, 0.05) is 30.1 Å². The average Bonchev–Trinajstić information content (AvgIpc) is 2.91. The second-order valence-corrected chi connectivity index (χ2v) is 7.11. The number of hydrogen-bond acceptors (Lipinski definition) is 4. The molecule has 1 aliphatic rings. The Balaban J connectivity index is 1.70. The zero-order valence-electron chi connectivity index (χ0n) is 16.3. The molecule has 0 unspecified atom stereocenters. The molecular weight excluding hydrogens is 402 g/mol. The lowest BCUT2D eigenvalue weighted by atomic mass is 10.2. The minimum absolute atomic E-state index is 0.0618. The summed E-state index contributed by atoms with van der Waals surface area (Å²) < 4.78 is 32.0. The minimum Gasteiger partial charge on any atom is -0.434 e. The lowest BCUT2D eigenvalue weighted by Crippen LogP contribution is -2.37. The van der Waals surface area contributed by atoms with Gasteiger partial charge < -0.3 is 19.9 Å². The number of benzene rings is 1. The Kier molecular flexibility index (Phi) is 7.62. The normalized spacial score (nSPS) is 14.4. The topological polar surface area (TPSA) is 76.4 Å². The Hall–Kier alpha value is -2.42. The van der Waals surface area contributed by atoms with Gasteiger partial charge in [-0.25, -0.2) is 4.99 Å². The average molecular weight is 427 g/mol. The molecule has 0 aliphatic carbocycles. The summed E-state index contributed by atoms with van der Waals surface area (Å²) in [6.45, 7) is 1.22. The first-order chi connectivity index (χ1) is 14.1. The van der Waals surface area contributed by atoms with Gasteiger partial charge in [-0.2, -0.15) is 8.78 Å². The van der Waals surface area contributed by atoms with Crippen LogP contribution in [0.4, 0.5) is 8.78 Å². The Bertz CT molecular complexity index is 842. The van der Waals surface area contributed by atoms with Crippen molar-refractivity contribution in [1.82, 2.24) is 25.4 Å². The number of halogens is 3. The van der Waals surface area contributed by atoms with Gasteiger partial charge in [-0.05, 0) is 38.0 Å². The summed E-state index contributed by atoms with van der Waals surface area (Å²) in [6, 6.07) is 4.50. The molecule has 10 heteroatoms. The zero-order valence-corrected chi connectivity index (χ0v) is 17.1. The van der Waals surface area contributed by atoms with Crippen LogP contribution in [0.3, 0.4) is 0 Å². The number of nitrogens with zero attached hydrogens (tertiary/aromatic N) is 4. The zero-order chi connectivity index (χ0) is 20.6. The highest BCUT2D eigenvalue weighted by Gasteiger charge is 2.15. The number of rotatable bonds is 7. The van der Waals surface area contributed by atoms with Gasteiger partial charge in [0.05, 0.1) is 13.1 Å². The van der Waals surface area contributed by atoms with E-state index in [1.807, 2.05) is 6.92 Å². The highest BCUT2D eigenvalue weighted by Crippen LogP contribution is 2.25. The van der Waals surface area contributed by atoms with E-state index in [1.54, 1.807) is 6.07 Å². The van der Waals surface area contributed by atoms with Crippen LogP contribution in [0.15, 0.2) is 23.2 Å². The fourth-order valence-electron chi connectivity index (χ4n) is 3.23. The first-order valence-electron chi connectivity index (χ1n) is 9.73. The molecule has 1 aromatic heterocycles. The summed E-state index contributed by atoms with van der Waals surface area (Å²) in [5.74, 6) is 2.49. The molecule has 3 rings (SSSR count). The van der Waals surface area contributed by atoms with Crippen molar-refractivity contribution >= 4 is 17.6 Å². The van der Waals surface area contributed by atoms with Crippen LogP contribution in [0.1, 0.15) is 43.4 Å². The smallest absolute Gasteiger partial charge is 0.387 e. The molecule has 0 spiro atoms. The summed E-state index contributed by atoms with van der Waals surface area (Å²) in [7, 11) is 0. The molecule has 0 saturated heterocycles. The summed E-state index contributed by atoms with van der Waals surface area (Å²) in [6.07, 6.45) is 4.40. The van der Waals surface area contributed by atoms with Gasteiger partial charge in [-0.1, -0.05) is 18.0 Å². The number of hydrogen-bond donors (Lipinski definition) is 2. The second kappa shape index (κ2) is 10.4. The monoisotopic (exact) mass is 426 g/mol. The van der Waals surface area contributed by atoms with E-state index in [2.05, 4.69) is 35.1 Å². The Morgan fingerprint density at radius 3 is 2.93 bits per heavy atom. The molecular formula is C19H25ClF2N6O. The molecule has 1 aromatic carbocycles. The van der Waals surface area contributed by atoms with Gasteiger partial charge in [0.2, 0.25) is 0 Å². The molecule has 7 nitrogen and oxygen atoms in total. The van der Waals surface area contributed by atoms with Crippen molar-refractivity contribution in [2.45, 2.75) is 58.9 Å². The number of aromatic nitrogens is 3. The van der Waals surface area contributed by atoms with E-state index in [0.717, 1.165) is 37.5 Å². The van der Waals surface area contributed by atoms with Crippen LogP contribution >= 0.6 is 11.6 Å². The van der Waals surface area contributed by atoms with E-state index < -0.39 is 6.61 Å². The van der Waals surface area contributed by atoms with Gasteiger partial charge in [0.15, 0.2) is 11.8 Å². The molecule has 158 valence electrons. The third-order valence-corrected chi connectivity index (χ3v) is 4.83. The molecule has 2 aromatic rings. The van der Waals surface area contributed by atoms with Crippen LogP contribution < -0.4 is 15.4 Å². The molecule has 0 fully saturated rings. The van der Waals surface area contributed by atoms with Crippen LogP contribution in [0.2, 0.25) is 5.02 Å². The Labute approximate surface area is 173 Å². The maximum Gasteiger partial charge on any atom is 0.387 e. The van der Waals surface area contributed by atoms with Crippen LogP contribution in [-0.2, 0) is 26.1 Å². The molecule has 1 aliphatic heterocycles. The summed E-state index contributed by atoms with van der Waals surface area (Å²) in [5.41, 5.74) is 0.478. The lowest BCUT2D eigenvalue weighted by molar-refractivity contribution is -0.0504. The lowest BCUT2D eigenvalue weighted by Gasteiger charge is -2.13. The molecule has 0 radical (unpaired) electrons. The molecule has 2 N–H and O–H groups in total. The van der Waals surface area contributed by atoms with Crippen molar-refractivity contribution < 1.29 is 13.5 Å². The van der Waals surface area contributed by atoms with Crippen LogP contribution in [0.5, 0.6) is 5.75 Å². The molecule has 29 heavy (non-hydrogen) atoms. The summed E-state index contributed by atoms with van der Waals surface area (Å²) in [4.78, 5) is 4.48. The molecule has 0 saturated carbocycles. The maximum atomic E-state index is 12.6. The fourth-order valence-corrected chi connectivity index (χ4v) is 3.42. The van der Waals surface area contributed by atoms with Crippen LogP contribution in [0, 0.1) is 0 Å². The van der Waals surface area contributed by atoms with Gasteiger partial charge in [-0.15, -0.1) is 10.2 Å². The van der Waals surface area contributed by atoms with E-state index >= 15 is 0 Å². The van der Waals surface area contributed by atoms with Crippen molar-refractivity contribution in [2.75, 3.05) is 6.54 Å². The second-order valence-electron chi connectivity index (χ2n) is 6.67. The van der Waals surface area contributed by atoms with E-state index in [0.29, 0.717) is 29.6 Å². The highest BCUT2D eigenvalue weighted by molar-refractivity contribution is 6.30. The number of nitrogens with one attached hydrogen (secondary N) is 2.